The molecule has 2 saturated carbocycles. The molecule has 7 heteroatoms. The lowest BCUT2D eigenvalue weighted by molar-refractivity contribution is -0.152. The number of hydrogen-bond acceptors (Lipinski definition) is 6. The van der Waals surface area contributed by atoms with Gasteiger partial charge in [0.1, 0.15) is 11.9 Å². The third kappa shape index (κ3) is 3.58. The highest BCUT2D eigenvalue weighted by molar-refractivity contribution is 7.99. The summed E-state index contributed by atoms with van der Waals surface area (Å²) in [5, 5.41) is 11.5. The molecule has 0 aromatic carbocycles. The van der Waals surface area contributed by atoms with Gasteiger partial charge < -0.3 is 4.74 Å². The largest absolute Gasteiger partial charge is 0.465 e. The zero-order valence-electron chi connectivity index (χ0n) is 12.3. The first-order valence-corrected chi connectivity index (χ1v) is 8.57. The van der Waals surface area contributed by atoms with E-state index >= 15 is 0 Å². The summed E-state index contributed by atoms with van der Waals surface area (Å²) in [5.41, 5.74) is -0.507. The molecule has 0 spiro atoms. The number of nitrogens with zero attached hydrogens (tertiary/aromatic N) is 2. The van der Waals surface area contributed by atoms with Gasteiger partial charge in [-0.3, -0.25) is 15.2 Å². The van der Waals surface area contributed by atoms with Crippen LogP contribution in [0.25, 0.3) is 0 Å². The summed E-state index contributed by atoms with van der Waals surface area (Å²) >= 11 is 1.68. The molecule has 0 radical (unpaired) electrons. The van der Waals surface area contributed by atoms with E-state index in [4.69, 9.17) is 4.74 Å². The summed E-state index contributed by atoms with van der Waals surface area (Å²) in [4.78, 5) is 16.7. The van der Waals surface area contributed by atoms with Crippen molar-refractivity contribution in [2.45, 2.75) is 67.4 Å². The third-order valence-electron chi connectivity index (χ3n) is 4.10. The summed E-state index contributed by atoms with van der Waals surface area (Å²) in [6.45, 7) is 2.30. The van der Waals surface area contributed by atoms with Crippen molar-refractivity contribution in [2.75, 3.05) is 6.61 Å². The van der Waals surface area contributed by atoms with Crippen LogP contribution < -0.4 is 5.32 Å². The Morgan fingerprint density at radius 1 is 1.57 bits per heavy atom. The molecule has 1 heterocycles. The Labute approximate surface area is 128 Å². The molecule has 6 nitrogen and oxygen atoms in total. The highest BCUT2D eigenvalue weighted by atomic mass is 32.2. The average Bonchev–Trinajstić information content (AvgIpc) is 3.13. The van der Waals surface area contributed by atoms with Crippen molar-refractivity contribution >= 4 is 17.7 Å². The van der Waals surface area contributed by atoms with Crippen LogP contribution in [-0.4, -0.2) is 44.6 Å². The van der Waals surface area contributed by atoms with Crippen LogP contribution >= 0.6 is 11.8 Å². The number of aromatic nitrogens is 3. The lowest BCUT2D eigenvalue weighted by Crippen LogP contribution is -2.57. The Morgan fingerprint density at radius 2 is 2.43 bits per heavy atom. The van der Waals surface area contributed by atoms with Crippen molar-refractivity contribution in [1.82, 2.24) is 20.5 Å². The van der Waals surface area contributed by atoms with Crippen molar-refractivity contribution in [2.24, 2.45) is 0 Å². The normalized spacial score (nSPS) is 29.3. The zero-order valence-corrected chi connectivity index (χ0v) is 13.1. The van der Waals surface area contributed by atoms with Crippen LogP contribution in [0.4, 0.5) is 0 Å². The number of rotatable bonds is 6. The molecular formula is C14H22N4O2S. The first-order chi connectivity index (χ1) is 10.2. The topological polar surface area (TPSA) is 79.9 Å². The predicted molar refractivity (Wildman–Crippen MR) is 80.0 cm³/mol. The van der Waals surface area contributed by atoms with E-state index in [1.165, 1.54) is 19.2 Å². The van der Waals surface area contributed by atoms with Gasteiger partial charge in [0.15, 0.2) is 5.16 Å². The Hall–Kier alpha value is -1.08. The minimum atomic E-state index is -0.507. The van der Waals surface area contributed by atoms with Gasteiger partial charge in [-0.2, -0.15) is 5.10 Å². The maximum Gasteiger partial charge on any atom is 0.326 e. The van der Waals surface area contributed by atoms with Gasteiger partial charge in [-0.05, 0) is 45.4 Å². The molecule has 2 aliphatic rings. The molecule has 0 bridgehead atoms. The van der Waals surface area contributed by atoms with Gasteiger partial charge in [-0.15, -0.1) is 0 Å². The number of nitrogens with one attached hydrogen (secondary N) is 2. The maximum absolute atomic E-state index is 12.5. The Morgan fingerprint density at radius 3 is 3.10 bits per heavy atom. The van der Waals surface area contributed by atoms with Crippen molar-refractivity contribution in [3.05, 3.63) is 6.33 Å². The summed E-state index contributed by atoms with van der Waals surface area (Å²) in [5.74, 6) is -0.0835. The molecule has 3 rings (SSSR count). The van der Waals surface area contributed by atoms with Crippen LogP contribution in [0.1, 0.15) is 45.4 Å². The maximum atomic E-state index is 12.5. The Bertz CT molecular complexity index is 477. The van der Waals surface area contributed by atoms with E-state index in [2.05, 4.69) is 20.5 Å². The van der Waals surface area contributed by atoms with E-state index in [0.717, 1.165) is 30.8 Å². The fourth-order valence-corrected chi connectivity index (χ4v) is 4.18. The predicted octanol–water partition coefficient (Wildman–Crippen LogP) is 1.89. The van der Waals surface area contributed by atoms with Gasteiger partial charge in [0.05, 0.1) is 6.61 Å². The molecule has 2 unspecified atom stereocenters. The number of carbonyl (C=O) groups is 1. The molecule has 116 valence electrons. The van der Waals surface area contributed by atoms with E-state index in [1.807, 2.05) is 6.92 Å². The fourth-order valence-electron chi connectivity index (χ4n) is 3.00. The van der Waals surface area contributed by atoms with Crippen LogP contribution in [0.15, 0.2) is 11.5 Å². The summed E-state index contributed by atoms with van der Waals surface area (Å²) in [6, 6.07) is 0.489. The molecule has 1 aromatic rings. The number of H-pyrrole nitrogens is 1. The van der Waals surface area contributed by atoms with Crippen molar-refractivity contribution in [3.63, 3.8) is 0 Å². The molecule has 0 amide bonds. The molecule has 0 aliphatic heterocycles. The highest BCUT2D eigenvalue weighted by Crippen LogP contribution is 2.39. The van der Waals surface area contributed by atoms with Crippen LogP contribution in [0.3, 0.4) is 0 Å². The molecule has 21 heavy (non-hydrogen) atoms. The van der Waals surface area contributed by atoms with Crippen LogP contribution in [-0.2, 0) is 9.53 Å². The third-order valence-corrected chi connectivity index (χ3v) is 5.26. The number of carbonyl (C=O) groups excluding carboxylic acids is 1. The first kappa shape index (κ1) is 14.8. The minimum Gasteiger partial charge on any atom is -0.465 e. The monoisotopic (exact) mass is 310 g/mol. The molecule has 2 atom stereocenters. The van der Waals surface area contributed by atoms with Crippen LogP contribution in [0.2, 0.25) is 0 Å². The van der Waals surface area contributed by atoms with E-state index in [1.54, 1.807) is 11.8 Å². The molecular weight excluding hydrogens is 288 g/mol. The van der Waals surface area contributed by atoms with E-state index in [9.17, 15) is 4.79 Å². The standard InChI is InChI=1S/C14H22N4O2S/c1-2-20-12(19)14(17-10-5-6-10)7-3-4-11(8-14)21-13-15-9-16-18-13/h9-11,17H,2-8H2,1H3,(H,15,16,18). The quantitative estimate of drug-likeness (QED) is 0.781. The molecule has 1 aromatic heterocycles. The Balaban J connectivity index is 1.70. The second-order valence-electron chi connectivity index (χ2n) is 5.85. The second kappa shape index (κ2) is 6.36. The van der Waals surface area contributed by atoms with E-state index in [-0.39, 0.29) is 5.97 Å². The summed E-state index contributed by atoms with van der Waals surface area (Å²) < 4.78 is 5.35. The lowest BCUT2D eigenvalue weighted by atomic mass is 9.81. The molecule has 2 aliphatic carbocycles. The molecule has 0 saturated heterocycles. The summed E-state index contributed by atoms with van der Waals surface area (Å²) in [7, 11) is 0. The number of hydrogen-bond donors (Lipinski definition) is 2. The van der Waals surface area contributed by atoms with Crippen LogP contribution in [0, 0.1) is 0 Å². The van der Waals surface area contributed by atoms with Crippen molar-refractivity contribution in [3.8, 4) is 0 Å². The van der Waals surface area contributed by atoms with Gasteiger partial charge in [-0.25, -0.2) is 4.98 Å². The molecule has 2 N–H and O–H groups in total. The number of esters is 1. The van der Waals surface area contributed by atoms with Gasteiger partial charge in [0, 0.05) is 11.3 Å². The molecule has 2 fully saturated rings. The highest BCUT2D eigenvalue weighted by Gasteiger charge is 2.47. The van der Waals surface area contributed by atoms with Crippen LogP contribution in [0.5, 0.6) is 0 Å². The van der Waals surface area contributed by atoms with Gasteiger partial charge in [0.25, 0.3) is 0 Å². The fraction of sp³-hybridized carbons (Fsp3) is 0.786. The van der Waals surface area contributed by atoms with Crippen molar-refractivity contribution in [1.29, 1.82) is 0 Å². The SMILES string of the molecule is CCOC(=O)C1(NC2CC2)CCCC(Sc2ncn[nH]2)C1. The number of aromatic amines is 1. The van der Waals surface area contributed by atoms with E-state index in [0.29, 0.717) is 17.9 Å². The number of ether oxygens (including phenoxy) is 1. The van der Waals surface area contributed by atoms with E-state index < -0.39 is 5.54 Å². The van der Waals surface area contributed by atoms with Gasteiger partial charge in [-0.1, -0.05) is 11.8 Å². The second-order valence-corrected chi connectivity index (χ2v) is 7.14. The number of thioether (sulfide) groups is 1. The first-order valence-electron chi connectivity index (χ1n) is 7.69. The summed E-state index contributed by atoms with van der Waals surface area (Å²) in [6.07, 6.45) is 7.65. The van der Waals surface area contributed by atoms with Crippen molar-refractivity contribution < 1.29 is 9.53 Å². The van der Waals surface area contributed by atoms with Gasteiger partial charge in [0.2, 0.25) is 0 Å². The minimum absolute atomic E-state index is 0.0835. The van der Waals surface area contributed by atoms with Gasteiger partial charge >= 0.3 is 5.97 Å². The average molecular weight is 310 g/mol. The Kier molecular flexibility index (Phi) is 4.49. The smallest absolute Gasteiger partial charge is 0.326 e. The lowest BCUT2D eigenvalue weighted by Gasteiger charge is -2.39. The zero-order chi connectivity index (χ0) is 14.7.